The zero-order valence-corrected chi connectivity index (χ0v) is 14.4. The van der Waals surface area contributed by atoms with Crippen LogP contribution in [0.5, 0.6) is 0 Å². The maximum atomic E-state index is 6.22. The van der Waals surface area contributed by atoms with E-state index in [-0.39, 0.29) is 0 Å². The third-order valence-corrected chi connectivity index (χ3v) is 4.66. The van der Waals surface area contributed by atoms with Crippen LogP contribution in [0.2, 0.25) is 5.02 Å². The SMILES string of the molecule is Clc1ccccc1Cn1nnc2c(N/N=C/c3cccs3)ncnc21. The fraction of sp³-hybridized carbons (Fsp3) is 0.0625. The van der Waals surface area contributed by atoms with Crippen LogP contribution < -0.4 is 5.43 Å². The summed E-state index contributed by atoms with van der Waals surface area (Å²) in [5, 5.41) is 15.2. The molecule has 25 heavy (non-hydrogen) atoms. The summed E-state index contributed by atoms with van der Waals surface area (Å²) in [6.07, 6.45) is 3.19. The number of fused-ring (bicyclic) bond motifs is 1. The number of rotatable bonds is 5. The van der Waals surface area contributed by atoms with E-state index in [1.54, 1.807) is 22.2 Å². The Bertz CT molecular complexity index is 1030. The molecule has 0 aliphatic rings. The molecule has 0 saturated carbocycles. The molecule has 3 heterocycles. The number of nitrogens with one attached hydrogen (secondary N) is 1. The zero-order chi connectivity index (χ0) is 17.1. The van der Waals surface area contributed by atoms with Crippen LogP contribution in [-0.4, -0.2) is 31.2 Å². The number of nitrogens with zero attached hydrogens (tertiary/aromatic N) is 6. The van der Waals surface area contributed by atoms with Gasteiger partial charge in [0.1, 0.15) is 6.33 Å². The van der Waals surface area contributed by atoms with Crippen molar-refractivity contribution in [1.29, 1.82) is 0 Å². The molecule has 1 aromatic carbocycles. The predicted molar refractivity (Wildman–Crippen MR) is 99.2 cm³/mol. The van der Waals surface area contributed by atoms with Gasteiger partial charge in [-0.05, 0) is 23.1 Å². The van der Waals surface area contributed by atoms with Crippen LogP contribution in [0.4, 0.5) is 5.82 Å². The maximum absolute atomic E-state index is 6.22. The first-order chi connectivity index (χ1) is 12.3. The first kappa shape index (κ1) is 15.7. The second-order valence-electron chi connectivity index (χ2n) is 5.12. The van der Waals surface area contributed by atoms with Crippen LogP contribution in [0.25, 0.3) is 11.2 Å². The van der Waals surface area contributed by atoms with Crippen molar-refractivity contribution in [1.82, 2.24) is 25.0 Å². The van der Waals surface area contributed by atoms with Crippen LogP contribution in [0, 0.1) is 0 Å². The van der Waals surface area contributed by atoms with Crippen molar-refractivity contribution in [2.24, 2.45) is 5.10 Å². The molecule has 0 spiro atoms. The van der Waals surface area contributed by atoms with E-state index in [2.05, 4.69) is 30.8 Å². The van der Waals surface area contributed by atoms with Crippen molar-refractivity contribution in [2.45, 2.75) is 6.54 Å². The standard InChI is InChI=1S/C16H12ClN7S/c17-13-6-2-1-4-11(13)9-24-16-14(21-23-24)15(18-10-19-16)22-20-8-12-5-3-7-25-12/h1-8,10H,9H2,(H,18,19,22)/b20-8+. The first-order valence-corrected chi connectivity index (χ1v) is 8.67. The lowest BCUT2D eigenvalue weighted by molar-refractivity contribution is 0.664. The Morgan fingerprint density at radius 2 is 2.12 bits per heavy atom. The summed E-state index contributed by atoms with van der Waals surface area (Å²) >= 11 is 7.82. The molecule has 0 aliphatic carbocycles. The quantitative estimate of drug-likeness (QED) is 0.430. The Hall–Kier alpha value is -2.84. The third-order valence-electron chi connectivity index (χ3n) is 3.48. The minimum Gasteiger partial charge on any atom is -0.259 e. The number of hydrogen-bond donors (Lipinski definition) is 1. The third kappa shape index (κ3) is 3.35. The van der Waals surface area contributed by atoms with Gasteiger partial charge in [-0.1, -0.05) is 41.1 Å². The fourth-order valence-corrected chi connectivity index (χ4v) is 3.07. The van der Waals surface area contributed by atoms with E-state index in [4.69, 9.17) is 11.6 Å². The Labute approximate surface area is 152 Å². The highest BCUT2D eigenvalue weighted by Crippen LogP contribution is 2.20. The number of aromatic nitrogens is 5. The molecular formula is C16H12ClN7S. The van der Waals surface area contributed by atoms with Crippen LogP contribution in [0.15, 0.2) is 53.2 Å². The van der Waals surface area contributed by atoms with Crippen molar-refractivity contribution >= 4 is 46.1 Å². The Morgan fingerprint density at radius 1 is 1.20 bits per heavy atom. The highest BCUT2D eigenvalue weighted by molar-refractivity contribution is 7.11. The van der Waals surface area contributed by atoms with Gasteiger partial charge in [-0.15, -0.1) is 16.4 Å². The van der Waals surface area contributed by atoms with Gasteiger partial charge in [-0.2, -0.15) is 5.10 Å². The predicted octanol–water partition coefficient (Wildman–Crippen LogP) is 3.43. The first-order valence-electron chi connectivity index (χ1n) is 7.41. The normalized spacial score (nSPS) is 11.4. The van der Waals surface area contributed by atoms with Crippen molar-refractivity contribution in [3.05, 3.63) is 63.6 Å². The molecule has 9 heteroatoms. The van der Waals surface area contributed by atoms with E-state index >= 15 is 0 Å². The van der Waals surface area contributed by atoms with Crippen molar-refractivity contribution in [3.63, 3.8) is 0 Å². The Balaban J connectivity index is 1.60. The van der Waals surface area contributed by atoms with Crippen molar-refractivity contribution in [3.8, 4) is 0 Å². The number of hydrogen-bond acceptors (Lipinski definition) is 7. The molecule has 7 nitrogen and oxygen atoms in total. The second kappa shape index (κ2) is 6.96. The molecule has 0 radical (unpaired) electrons. The van der Waals surface area contributed by atoms with Gasteiger partial charge in [0, 0.05) is 9.90 Å². The molecule has 0 unspecified atom stereocenters. The van der Waals surface area contributed by atoms with Crippen molar-refractivity contribution in [2.75, 3.05) is 5.43 Å². The maximum Gasteiger partial charge on any atom is 0.184 e. The van der Waals surface area contributed by atoms with Crippen LogP contribution >= 0.6 is 22.9 Å². The lowest BCUT2D eigenvalue weighted by atomic mass is 10.2. The fourth-order valence-electron chi connectivity index (χ4n) is 2.29. The molecule has 0 aliphatic heterocycles. The molecule has 4 rings (SSSR count). The summed E-state index contributed by atoms with van der Waals surface area (Å²) in [5.41, 5.74) is 5.01. The van der Waals surface area contributed by atoms with Crippen LogP contribution in [0.1, 0.15) is 10.4 Å². The van der Waals surface area contributed by atoms with Gasteiger partial charge in [0.25, 0.3) is 0 Å². The molecule has 0 fully saturated rings. The Morgan fingerprint density at radius 3 is 2.96 bits per heavy atom. The second-order valence-corrected chi connectivity index (χ2v) is 6.50. The Kier molecular flexibility index (Phi) is 4.36. The van der Waals surface area contributed by atoms with Gasteiger partial charge in [0.05, 0.1) is 12.8 Å². The average Bonchev–Trinajstić information content (AvgIpc) is 3.28. The monoisotopic (exact) mass is 369 g/mol. The lowest BCUT2D eigenvalue weighted by Gasteiger charge is -2.04. The molecule has 3 aromatic heterocycles. The number of halogens is 1. The van der Waals surface area contributed by atoms with Gasteiger partial charge < -0.3 is 0 Å². The minimum absolute atomic E-state index is 0.477. The van der Waals surface area contributed by atoms with Gasteiger partial charge in [0.2, 0.25) is 0 Å². The van der Waals surface area contributed by atoms with Gasteiger partial charge >= 0.3 is 0 Å². The summed E-state index contributed by atoms with van der Waals surface area (Å²) in [6.45, 7) is 0.477. The highest BCUT2D eigenvalue weighted by atomic mass is 35.5. The summed E-state index contributed by atoms with van der Waals surface area (Å²) < 4.78 is 1.69. The van der Waals surface area contributed by atoms with Gasteiger partial charge in [0.15, 0.2) is 17.0 Å². The molecule has 0 amide bonds. The van der Waals surface area contributed by atoms with E-state index in [1.807, 2.05) is 41.8 Å². The lowest BCUT2D eigenvalue weighted by Crippen LogP contribution is -2.04. The van der Waals surface area contributed by atoms with Crippen molar-refractivity contribution < 1.29 is 0 Å². The number of benzene rings is 1. The molecule has 4 aromatic rings. The topological polar surface area (TPSA) is 80.9 Å². The summed E-state index contributed by atoms with van der Waals surface area (Å²) in [5.74, 6) is 0.503. The largest absolute Gasteiger partial charge is 0.259 e. The summed E-state index contributed by atoms with van der Waals surface area (Å²) in [7, 11) is 0. The molecule has 0 saturated heterocycles. The number of hydrazone groups is 1. The van der Waals surface area contributed by atoms with E-state index in [0.29, 0.717) is 28.5 Å². The molecular weight excluding hydrogens is 358 g/mol. The van der Waals surface area contributed by atoms with E-state index in [0.717, 1.165) is 10.4 Å². The highest BCUT2D eigenvalue weighted by Gasteiger charge is 2.12. The summed E-state index contributed by atoms with van der Waals surface area (Å²) in [4.78, 5) is 9.51. The van der Waals surface area contributed by atoms with Gasteiger partial charge in [-0.3, -0.25) is 5.43 Å². The average molecular weight is 370 g/mol. The minimum atomic E-state index is 0.477. The number of anilines is 1. The molecule has 0 atom stereocenters. The smallest absolute Gasteiger partial charge is 0.184 e. The number of thiophene rings is 1. The van der Waals surface area contributed by atoms with Gasteiger partial charge in [-0.25, -0.2) is 14.6 Å². The van der Waals surface area contributed by atoms with E-state index < -0.39 is 0 Å². The molecule has 1 N–H and O–H groups in total. The van der Waals surface area contributed by atoms with E-state index in [9.17, 15) is 0 Å². The van der Waals surface area contributed by atoms with Crippen LogP contribution in [-0.2, 0) is 6.54 Å². The van der Waals surface area contributed by atoms with E-state index in [1.165, 1.54) is 6.33 Å². The molecule has 0 bridgehead atoms. The molecule has 124 valence electrons. The zero-order valence-electron chi connectivity index (χ0n) is 12.9. The van der Waals surface area contributed by atoms with Crippen LogP contribution in [0.3, 0.4) is 0 Å². The summed E-state index contributed by atoms with van der Waals surface area (Å²) in [6, 6.07) is 11.6.